The Morgan fingerprint density at radius 3 is 2.57 bits per heavy atom. The van der Waals surface area contributed by atoms with Gasteiger partial charge in [0.2, 0.25) is 10.0 Å². The summed E-state index contributed by atoms with van der Waals surface area (Å²) in [5.41, 5.74) is 2.11. The van der Waals surface area contributed by atoms with Gasteiger partial charge in [0.1, 0.15) is 0 Å². The van der Waals surface area contributed by atoms with E-state index < -0.39 is 10.0 Å². The molecule has 5 nitrogen and oxygen atoms in total. The average molecular weight is 333 g/mol. The highest BCUT2D eigenvalue weighted by molar-refractivity contribution is 7.89. The molecule has 1 N–H and O–H groups in total. The van der Waals surface area contributed by atoms with Crippen molar-refractivity contribution in [3.63, 3.8) is 0 Å². The van der Waals surface area contributed by atoms with E-state index in [9.17, 15) is 8.42 Å². The molecule has 1 unspecified atom stereocenters. The van der Waals surface area contributed by atoms with E-state index in [-0.39, 0.29) is 11.7 Å². The first-order chi connectivity index (χ1) is 11.0. The number of sulfonamides is 1. The fraction of sp³-hybridized carbons (Fsp3) is 0.471. The lowest BCUT2D eigenvalue weighted by Crippen LogP contribution is -2.29. The van der Waals surface area contributed by atoms with E-state index in [1.165, 1.54) is 12.8 Å². The highest BCUT2D eigenvalue weighted by Gasteiger charge is 2.30. The minimum absolute atomic E-state index is 0.231. The summed E-state index contributed by atoms with van der Waals surface area (Å²) in [4.78, 5) is 0. The first-order valence-electron chi connectivity index (χ1n) is 8.04. The second kappa shape index (κ2) is 6.84. The largest absolute Gasteiger partial charge is 0.268 e. The number of rotatable bonds is 8. The van der Waals surface area contributed by atoms with Crippen molar-refractivity contribution in [2.45, 2.75) is 32.9 Å². The number of benzene rings is 1. The Labute approximate surface area is 137 Å². The molecular weight excluding hydrogens is 310 g/mol. The summed E-state index contributed by atoms with van der Waals surface area (Å²) in [5.74, 6) is 1.09. The fourth-order valence-corrected chi connectivity index (χ4v) is 4.21. The number of nitrogens with one attached hydrogen (secondary N) is 1. The third-order valence-electron chi connectivity index (χ3n) is 4.33. The van der Waals surface area contributed by atoms with Gasteiger partial charge in [0.05, 0.1) is 12.3 Å². The van der Waals surface area contributed by atoms with Crippen LogP contribution in [0.4, 0.5) is 0 Å². The molecule has 0 aliphatic heterocycles. The van der Waals surface area contributed by atoms with Gasteiger partial charge in [0.25, 0.3) is 0 Å². The molecule has 1 heterocycles. The molecule has 0 saturated heterocycles. The van der Waals surface area contributed by atoms with Crippen LogP contribution in [-0.4, -0.2) is 24.0 Å². The summed E-state index contributed by atoms with van der Waals surface area (Å²) in [7, 11) is -3.20. The lowest BCUT2D eigenvalue weighted by atomic mass is 10.1. The monoisotopic (exact) mass is 333 g/mol. The van der Waals surface area contributed by atoms with Crippen LogP contribution >= 0.6 is 0 Å². The summed E-state index contributed by atoms with van der Waals surface area (Å²) < 4.78 is 28.8. The molecule has 0 spiro atoms. The van der Waals surface area contributed by atoms with Crippen molar-refractivity contribution >= 4 is 10.0 Å². The molecule has 2 aromatic rings. The Morgan fingerprint density at radius 2 is 1.96 bits per heavy atom. The van der Waals surface area contributed by atoms with Gasteiger partial charge in [-0.3, -0.25) is 4.68 Å². The molecule has 1 aromatic heterocycles. The van der Waals surface area contributed by atoms with Crippen molar-refractivity contribution < 1.29 is 8.42 Å². The van der Waals surface area contributed by atoms with E-state index in [2.05, 4.69) is 9.82 Å². The van der Waals surface area contributed by atoms with Gasteiger partial charge >= 0.3 is 0 Å². The Bertz CT molecular complexity index is 720. The number of nitrogens with zero attached hydrogens (tertiary/aromatic N) is 2. The van der Waals surface area contributed by atoms with Crippen LogP contribution in [-0.2, 0) is 23.1 Å². The fourth-order valence-electron chi connectivity index (χ4n) is 2.74. The molecule has 1 aliphatic carbocycles. The van der Waals surface area contributed by atoms with Crippen LogP contribution in [0.25, 0.3) is 0 Å². The Balaban J connectivity index is 1.51. The minimum Gasteiger partial charge on any atom is -0.268 e. The molecule has 0 radical (unpaired) electrons. The van der Waals surface area contributed by atoms with Gasteiger partial charge in [-0.25, -0.2) is 13.1 Å². The van der Waals surface area contributed by atoms with Crippen molar-refractivity contribution in [2.24, 2.45) is 11.8 Å². The molecule has 1 atom stereocenters. The van der Waals surface area contributed by atoms with Crippen LogP contribution in [0.1, 0.15) is 30.9 Å². The van der Waals surface area contributed by atoms with Crippen molar-refractivity contribution in [1.82, 2.24) is 14.5 Å². The molecule has 1 aliphatic rings. The van der Waals surface area contributed by atoms with E-state index >= 15 is 0 Å². The first-order valence-corrected chi connectivity index (χ1v) is 9.70. The maximum absolute atomic E-state index is 12.1. The molecular formula is C17H23N3O2S. The van der Waals surface area contributed by atoms with Gasteiger partial charge in [0, 0.05) is 18.9 Å². The van der Waals surface area contributed by atoms with Crippen molar-refractivity contribution in [1.29, 1.82) is 0 Å². The van der Waals surface area contributed by atoms with E-state index in [0.717, 1.165) is 17.7 Å². The van der Waals surface area contributed by atoms with Crippen LogP contribution in [0.15, 0.2) is 42.7 Å². The van der Waals surface area contributed by atoms with Gasteiger partial charge in [-0.1, -0.05) is 31.2 Å². The Kier molecular flexibility index (Phi) is 4.82. The molecule has 23 heavy (non-hydrogen) atoms. The average Bonchev–Trinajstić information content (AvgIpc) is 3.25. The SMILES string of the molecule is CC(CS(=O)(=O)NCc1ccc(Cn2cccn2)cc1)C1CC1. The molecule has 124 valence electrons. The second-order valence-corrected chi connectivity index (χ2v) is 8.29. The highest BCUT2D eigenvalue weighted by atomic mass is 32.2. The molecule has 1 aromatic carbocycles. The zero-order valence-electron chi connectivity index (χ0n) is 13.4. The van der Waals surface area contributed by atoms with E-state index in [0.29, 0.717) is 12.5 Å². The van der Waals surface area contributed by atoms with Crippen LogP contribution in [0, 0.1) is 11.8 Å². The second-order valence-electron chi connectivity index (χ2n) is 6.44. The first kappa shape index (κ1) is 16.2. The Morgan fingerprint density at radius 1 is 1.26 bits per heavy atom. The third-order valence-corrected chi connectivity index (χ3v) is 5.88. The molecule has 1 saturated carbocycles. The van der Waals surface area contributed by atoms with Gasteiger partial charge in [-0.2, -0.15) is 5.10 Å². The third kappa shape index (κ3) is 4.91. The maximum Gasteiger partial charge on any atom is 0.212 e. The summed E-state index contributed by atoms with van der Waals surface area (Å²) in [5, 5.41) is 4.17. The van der Waals surface area contributed by atoms with Crippen molar-refractivity contribution in [3.8, 4) is 0 Å². The van der Waals surface area contributed by atoms with E-state index in [1.807, 2.05) is 48.1 Å². The van der Waals surface area contributed by atoms with Gasteiger partial charge in [-0.15, -0.1) is 0 Å². The van der Waals surface area contributed by atoms with Crippen molar-refractivity contribution in [3.05, 3.63) is 53.9 Å². The van der Waals surface area contributed by atoms with Crippen LogP contribution in [0.2, 0.25) is 0 Å². The van der Waals surface area contributed by atoms with Crippen LogP contribution in [0.5, 0.6) is 0 Å². The zero-order valence-corrected chi connectivity index (χ0v) is 14.2. The number of hydrogen-bond donors (Lipinski definition) is 1. The number of hydrogen-bond acceptors (Lipinski definition) is 3. The molecule has 0 bridgehead atoms. The van der Waals surface area contributed by atoms with Gasteiger partial charge in [-0.05, 0) is 41.9 Å². The molecule has 1 fully saturated rings. The summed E-state index contributed by atoms with van der Waals surface area (Å²) in [6.07, 6.45) is 6.03. The summed E-state index contributed by atoms with van der Waals surface area (Å²) >= 11 is 0. The minimum atomic E-state index is -3.20. The highest BCUT2D eigenvalue weighted by Crippen LogP contribution is 2.36. The maximum atomic E-state index is 12.1. The summed E-state index contributed by atoms with van der Waals surface area (Å²) in [6, 6.07) is 9.85. The normalized spacial score (nSPS) is 16.4. The quantitative estimate of drug-likeness (QED) is 0.807. The predicted molar refractivity (Wildman–Crippen MR) is 90.3 cm³/mol. The zero-order chi connectivity index (χ0) is 16.3. The van der Waals surface area contributed by atoms with Crippen LogP contribution < -0.4 is 4.72 Å². The predicted octanol–water partition coefficient (Wildman–Crippen LogP) is 2.40. The standard InChI is InChI=1S/C17H23N3O2S/c1-14(17-7-8-17)13-23(21,22)19-11-15-3-5-16(6-4-15)12-20-10-2-9-18-20/h2-6,9-10,14,17,19H,7-8,11-13H2,1H3. The topological polar surface area (TPSA) is 64.0 Å². The molecule has 3 rings (SSSR count). The van der Waals surface area contributed by atoms with Gasteiger partial charge in [0.15, 0.2) is 0 Å². The van der Waals surface area contributed by atoms with E-state index in [1.54, 1.807) is 6.20 Å². The summed E-state index contributed by atoms with van der Waals surface area (Å²) in [6.45, 7) is 3.10. The number of aromatic nitrogens is 2. The van der Waals surface area contributed by atoms with Crippen LogP contribution in [0.3, 0.4) is 0 Å². The molecule has 0 amide bonds. The van der Waals surface area contributed by atoms with Crippen molar-refractivity contribution in [2.75, 3.05) is 5.75 Å². The molecule has 6 heteroatoms. The Hall–Kier alpha value is -1.66. The van der Waals surface area contributed by atoms with E-state index in [4.69, 9.17) is 0 Å². The lowest BCUT2D eigenvalue weighted by Gasteiger charge is -2.12. The lowest BCUT2D eigenvalue weighted by molar-refractivity contribution is 0.527. The smallest absolute Gasteiger partial charge is 0.212 e. The van der Waals surface area contributed by atoms with Gasteiger partial charge < -0.3 is 0 Å².